The van der Waals surface area contributed by atoms with Crippen LogP contribution in [0.5, 0.6) is 0 Å². The van der Waals surface area contributed by atoms with Gasteiger partial charge >= 0.3 is 6.03 Å². The van der Waals surface area contributed by atoms with Gasteiger partial charge in [-0.25, -0.2) is 9.18 Å². The van der Waals surface area contributed by atoms with E-state index in [1.54, 1.807) is 18.2 Å². The lowest BCUT2D eigenvalue weighted by Crippen LogP contribution is -2.36. The van der Waals surface area contributed by atoms with Gasteiger partial charge in [-0.15, -0.1) is 0 Å². The van der Waals surface area contributed by atoms with Gasteiger partial charge in [0, 0.05) is 18.8 Å². The average Bonchev–Trinajstić information content (AvgIpc) is 2.98. The molecule has 2 aliphatic heterocycles. The number of hydrogen-bond donors (Lipinski definition) is 1. The van der Waals surface area contributed by atoms with Crippen molar-refractivity contribution in [1.82, 2.24) is 10.2 Å². The molecule has 0 unspecified atom stereocenters. The van der Waals surface area contributed by atoms with Crippen molar-refractivity contribution in [3.63, 3.8) is 0 Å². The van der Waals surface area contributed by atoms with E-state index in [-0.39, 0.29) is 18.1 Å². The van der Waals surface area contributed by atoms with Crippen LogP contribution in [0.2, 0.25) is 0 Å². The number of hydrogen-bond acceptors (Lipinski definition) is 4. The first-order chi connectivity index (χ1) is 13.6. The third-order valence-electron chi connectivity index (χ3n) is 4.80. The minimum atomic E-state index is -0.481. The molecule has 2 fully saturated rings. The summed E-state index contributed by atoms with van der Waals surface area (Å²) in [4.78, 5) is 28.1. The first-order valence-electron chi connectivity index (χ1n) is 9.12. The van der Waals surface area contributed by atoms with E-state index >= 15 is 0 Å². The van der Waals surface area contributed by atoms with Crippen molar-refractivity contribution in [3.8, 4) is 0 Å². The van der Waals surface area contributed by atoms with Crippen molar-refractivity contribution < 1.29 is 18.7 Å². The molecular weight excluding hydrogens is 361 g/mol. The molecule has 1 N–H and O–H groups in total. The molecule has 144 valence electrons. The summed E-state index contributed by atoms with van der Waals surface area (Å²) in [5.74, 6) is -0.756. The molecule has 2 heterocycles. The maximum Gasteiger partial charge on any atom is 0.329 e. The van der Waals surface area contributed by atoms with Gasteiger partial charge in [0.2, 0.25) is 0 Å². The predicted octanol–water partition coefficient (Wildman–Crippen LogP) is 2.76. The zero-order valence-corrected chi connectivity index (χ0v) is 15.2. The van der Waals surface area contributed by atoms with Crippen LogP contribution in [0.25, 0.3) is 6.08 Å². The van der Waals surface area contributed by atoms with Crippen LogP contribution >= 0.6 is 0 Å². The zero-order chi connectivity index (χ0) is 19.5. The van der Waals surface area contributed by atoms with Gasteiger partial charge in [-0.2, -0.15) is 0 Å². The Morgan fingerprint density at radius 1 is 1.00 bits per heavy atom. The van der Waals surface area contributed by atoms with Crippen LogP contribution in [0.1, 0.15) is 11.1 Å². The molecule has 0 saturated carbocycles. The lowest BCUT2D eigenvalue weighted by Gasteiger charge is -2.28. The molecule has 28 heavy (non-hydrogen) atoms. The fourth-order valence-corrected chi connectivity index (χ4v) is 3.26. The summed E-state index contributed by atoms with van der Waals surface area (Å²) >= 11 is 0. The Morgan fingerprint density at radius 2 is 1.68 bits per heavy atom. The Labute approximate surface area is 162 Å². The largest absolute Gasteiger partial charge is 0.378 e. The van der Waals surface area contributed by atoms with Crippen molar-refractivity contribution in [2.45, 2.75) is 6.54 Å². The highest BCUT2D eigenvalue weighted by molar-refractivity contribution is 6.13. The van der Waals surface area contributed by atoms with E-state index in [1.807, 2.05) is 24.3 Å². The van der Waals surface area contributed by atoms with Crippen molar-refractivity contribution >= 4 is 23.7 Å². The number of halogens is 1. The third kappa shape index (κ3) is 3.89. The SMILES string of the molecule is O=C1N/C(=C/c2ccc(N3CCOCC3)cc2)C(=O)N1Cc1ccc(F)cc1. The number of morpholine rings is 1. The molecule has 0 spiro atoms. The van der Waals surface area contributed by atoms with Crippen LogP contribution in [-0.2, 0) is 16.1 Å². The minimum Gasteiger partial charge on any atom is -0.378 e. The monoisotopic (exact) mass is 381 g/mol. The smallest absolute Gasteiger partial charge is 0.329 e. The summed E-state index contributed by atoms with van der Waals surface area (Å²) < 4.78 is 18.4. The predicted molar refractivity (Wildman–Crippen MR) is 103 cm³/mol. The number of imide groups is 1. The molecule has 0 aliphatic carbocycles. The molecule has 2 aliphatic rings. The van der Waals surface area contributed by atoms with Gasteiger partial charge in [0.05, 0.1) is 19.8 Å². The Morgan fingerprint density at radius 3 is 2.36 bits per heavy atom. The quantitative estimate of drug-likeness (QED) is 0.654. The van der Waals surface area contributed by atoms with Gasteiger partial charge in [-0.1, -0.05) is 24.3 Å². The number of nitrogens with zero attached hydrogens (tertiary/aromatic N) is 2. The average molecular weight is 381 g/mol. The molecule has 6 nitrogen and oxygen atoms in total. The van der Waals surface area contributed by atoms with Crippen molar-refractivity contribution in [2.24, 2.45) is 0 Å². The number of carbonyl (C=O) groups is 2. The Bertz CT molecular complexity index is 903. The lowest BCUT2D eigenvalue weighted by atomic mass is 10.1. The molecule has 2 aromatic carbocycles. The van der Waals surface area contributed by atoms with Gasteiger partial charge in [0.15, 0.2) is 0 Å². The van der Waals surface area contributed by atoms with Crippen molar-refractivity contribution in [2.75, 3.05) is 31.2 Å². The molecule has 0 aromatic heterocycles. The fourth-order valence-electron chi connectivity index (χ4n) is 3.26. The summed E-state index contributed by atoms with van der Waals surface area (Å²) in [5, 5.41) is 2.61. The van der Waals surface area contributed by atoms with Crippen LogP contribution in [0.4, 0.5) is 14.9 Å². The van der Waals surface area contributed by atoms with Crippen LogP contribution in [0.3, 0.4) is 0 Å². The lowest BCUT2D eigenvalue weighted by molar-refractivity contribution is -0.123. The minimum absolute atomic E-state index is 0.0955. The summed E-state index contributed by atoms with van der Waals surface area (Å²) in [6.45, 7) is 3.24. The van der Waals surface area contributed by atoms with Gasteiger partial charge in [-0.3, -0.25) is 9.69 Å². The first kappa shape index (κ1) is 18.2. The maximum atomic E-state index is 13.0. The molecule has 4 rings (SSSR count). The Kier molecular flexibility index (Phi) is 5.08. The maximum absolute atomic E-state index is 13.0. The number of ether oxygens (including phenoxy) is 1. The summed E-state index contributed by atoms with van der Waals surface area (Å²) in [5.41, 5.74) is 2.83. The number of rotatable bonds is 4. The number of amides is 3. The van der Waals surface area contributed by atoms with Gasteiger partial charge < -0.3 is 15.0 Å². The number of carbonyl (C=O) groups excluding carboxylic acids is 2. The second-order valence-electron chi connectivity index (χ2n) is 6.70. The molecule has 0 radical (unpaired) electrons. The van der Waals surface area contributed by atoms with Crippen LogP contribution in [-0.4, -0.2) is 43.1 Å². The third-order valence-corrected chi connectivity index (χ3v) is 4.80. The highest BCUT2D eigenvalue weighted by atomic mass is 19.1. The van der Waals surface area contributed by atoms with Gasteiger partial charge in [0.25, 0.3) is 5.91 Å². The van der Waals surface area contributed by atoms with Crippen molar-refractivity contribution in [3.05, 3.63) is 71.2 Å². The zero-order valence-electron chi connectivity index (χ0n) is 15.2. The molecule has 2 saturated heterocycles. The Hall–Kier alpha value is -3.19. The van der Waals surface area contributed by atoms with E-state index in [1.165, 1.54) is 12.1 Å². The van der Waals surface area contributed by atoms with E-state index < -0.39 is 11.9 Å². The fraction of sp³-hybridized carbons (Fsp3) is 0.238. The molecule has 3 amide bonds. The Balaban J connectivity index is 1.46. The molecule has 7 heteroatoms. The van der Waals surface area contributed by atoms with Gasteiger partial charge in [0.1, 0.15) is 11.5 Å². The number of anilines is 1. The van der Waals surface area contributed by atoms with Crippen LogP contribution in [0.15, 0.2) is 54.2 Å². The second-order valence-corrected chi connectivity index (χ2v) is 6.70. The molecule has 0 bridgehead atoms. The number of nitrogens with one attached hydrogen (secondary N) is 1. The normalized spacial score (nSPS) is 18.7. The van der Waals surface area contributed by atoms with E-state index in [9.17, 15) is 14.0 Å². The molecule has 2 aromatic rings. The van der Waals surface area contributed by atoms with E-state index in [0.717, 1.165) is 42.5 Å². The van der Waals surface area contributed by atoms with E-state index in [2.05, 4.69) is 10.2 Å². The van der Waals surface area contributed by atoms with Crippen molar-refractivity contribution in [1.29, 1.82) is 0 Å². The topological polar surface area (TPSA) is 61.9 Å². The first-order valence-corrected chi connectivity index (χ1v) is 9.12. The van der Waals surface area contributed by atoms with E-state index in [0.29, 0.717) is 5.56 Å². The highest BCUT2D eigenvalue weighted by Gasteiger charge is 2.33. The second kappa shape index (κ2) is 7.82. The van der Waals surface area contributed by atoms with Crippen LogP contribution < -0.4 is 10.2 Å². The van der Waals surface area contributed by atoms with Gasteiger partial charge in [-0.05, 0) is 41.5 Å². The summed E-state index contributed by atoms with van der Waals surface area (Å²) in [6.07, 6.45) is 1.66. The molecule has 0 atom stereocenters. The number of urea groups is 1. The number of benzene rings is 2. The summed E-state index contributed by atoms with van der Waals surface area (Å²) in [7, 11) is 0. The summed E-state index contributed by atoms with van der Waals surface area (Å²) in [6, 6.07) is 13.1. The molecular formula is C21H20FN3O3. The standard InChI is InChI=1S/C21H20FN3O3/c22-17-5-1-16(2-6-17)14-25-20(26)19(23-21(25)27)13-15-3-7-18(8-4-15)24-9-11-28-12-10-24/h1-8,13H,9-12,14H2,(H,23,27)/b19-13+. The highest BCUT2D eigenvalue weighted by Crippen LogP contribution is 2.20. The van der Waals surface area contributed by atoms with Crippen LogP contribution in [0, 0.1) is 5.82 Å². The van der Waals surface area contributed by atoms with E-state index in [4.69, 9.17) is 4.74 Å².